The van der Waals surface area contributed by atoms with Crippen molar-refractivity contribution in [1.29, 1.82) is 0 Å². The van der Waals surface area contributed by atoms with E-state index >= 15 is 0 Å². The second-order valence-corrected chi connectivity index (χ2v) is 8.71. The standard InChI is InChI=1S/C17H23FN4O5S/c1-10(23)20-13-4-2-12(3-5-13)19-8-11-6-14(18)17(15(24)7-11)22-9-16(25)21-28(22,26)27/h6-7,12-13,19,24H,2-5,8-9H2,1H3,(H,20,23)(H,21,25)/t12-,13-. The van der Waals surface area contributed by atoms with Gasteiger partial charge in [-0.3, -0.25) is 9.59 Å². The topological polar surface area (TPSA) is 128 Å². The first-order chi connectivity index (χ1) is 13.2. The Morgan fingerprint density at radius 1 is 1.29 bits per heavy atom. The van der Waals surface area contributed by atoms with Gasteiger partial charge >= 0.3 is 10.2 Å². The minimum atomic E-state index is -4.20. The van der Waals surface area contributed by atoms with E-state index in [1.165, 1.54) is 13.0 Å². The molecule has 154 valence electrons. The van der Waals surface area contributed by atoms with Crippen molar-refractivity contribution >= 4 is 27.7 Å². The fourth-order valence-electron chi connectivity index (χ4n) is 3.63. The van der Waals surface area contributed by atoms with Crippen LogP contribution in [0.3, 0.4) is 0 Å². The first-order valence-electron chi connectivity index (χ1n) is 9.01. The predicted molar refractivity (Wildman–Crippen MR) is 99.2 cm³/mol. The van der Waals surface area contributed by atoms with E-state index in [9.17, 15) is 27.5 Å². The number of amides is 2. The summed E-state index contributed by atoms with van der Waals surface area (Å²) in [5.41, 5.74) is -0.0865. The quantitative estimate of drug-likeness (QED) is 0.547. The molecule has 1 saturated carbocycles. The van der Waals surface area contributed by atoms with Gasteiger partial charge in [0, 0.05) is 25.6 Å². The van der Waals surface area contributed by atoms with Crippen molar-refractivity contribution in [2.45, 2.75) is 51.2 Å². The summed E-state index contributed by atoms with van der Waals surface area (Å²) in [4.78, 5) is 22.4. The lowest BCUT2D eigenvalue weighted by molar-refractivity contribution is -0.120. The maximum Gasteiger partial charge on any atom is 0.326 e. The Morgan fingerprint density at radius 2 is 1.93 bits per heavy atom. The number of benzene rings is 1. The van der Waals surface area contributed by atoms with Crippen molar-refractivity contribution < 1.29 is 27.5 Å². The number of carbonyl (C=O) groups excluding carboxylic acids is 2. The van der Waals surface area contributed by atoms with E-state index < -0.39 is 39.9 Å². The van der Waals surface area contributed by atoms with E-state index in [1.54, 1.807) is 4.72 Å². The third kappa shape index (κ3) is 4.53. The molecule has 0 unspecified atom stereocenters. The second-order valence-electron chi connectivity index (χ2n) is 7.11. The number of phenolic OH excluding ortho intramolecular Hbond substituents is 1. The minimum Gasteiger partial charge on any atom is -0.506 e. The SMILES string of the molecule is CC(=O)N[C@H]1CC[C@H](NCc2cc(O)c(N3CC(=O)NS3(=O)=O)c(F)c2)CC1. The molecule has 0 aromatic heterocycles. The Hall–Kier alpha value is -2.40. The van der Waals surface area contributed by atoms with Crippen LogP contribution in [0.4, 0.5) is 10.1 Å². The number of hydrogen-bond acceptors (Lipinski definition) is 6. The molecule has 1 heterocycles. The zero-order chi connectivity index (χ0) is 20.5. The summed E-state index contributed by atoms with van der Waals surface area (Å²) >= 11 is 0. The van der Waals surface area contributed by atoms with Gasteiger partial charge in [-0.1, -0.05) is 0 Å². The average Bonchev–Trinajstić information content (AvgIpc) is 2.85. The van der Waals surface area contributed by atoms with Crippen LogP contribution in [0.2, 0.25) is 0 Å². The number of hydrogen-bond donors (Lipinski definition) is 4. The Labute approximate surface area is 162 Å². The van der Waals surface area contributed by atoms with Crippen molar-refractivity contribution in [3.8, 4) is 5.75 Å². The van der Waals surface area contributed by atoms with E-state index in [2.05, 4.69) is 10.6 Å². The molecule has 11 heteroatoms. The molecule has 1 aromatic rings. The molecule has 1 aromatic carbocycles. The first-order valence-corrected chi connectivity index (χ1v) is 10.4. The van der Waals surface area contributed by atoms with Crippen LogP contribution < -0.4 is 19.7 Å². The molecule has 9 nitrogen and oxygen atoms in total. The molecule has 0 atom stereocenters. The molecule has 1 aliphatic heterocycles. The van der Waals surface area contributed by atoms with Gasteiger partial charge in [0.25, 0.3) is 5.91 Å². The Morgan fingerprint density at radius 3 is 2.46 bits per heavy atom. The largest absolute Gasteiger partial charge is 0.506 e. The van der Waals surface area contributed by atoms with Crippen LogP contribution in [0.5, 0.6) is 5.75 Å². The van der Waals surface area contributed by atoms with Crippen LogP contribution in [0.1, 0.15) is 38.2 Å². The predicted octanol–water partition coefficient (Wildman–Crippen LogP) is 0.249. The van der Waals surface area contributed by atoms with Crippen LogP contribution in [0.15, 0.2) is 12.1 Å². The summed E-state index contributed by atoms with van der Waals surface area (Å²) in [5, 5.41) is 16.3. The summed E-state index contributed by atoms with van der Waals surface area (Å²) in [5.74, 6) is -2.31. The van der Waals surface area contributed by atoms with E-state index in [4.69, 9.17) is 0 Å². The van der Waals surface area contributed by atoms with Crippen LogP contribution in [0, 0.1) is 5.82 Å². The lowest BCUT2D eigenvalue weighted by Crippen LogP contribution is -2.41. The molecule has 28 heavy (non-hydrogen) atoms. The van der Waals surface area contributed by atoms with Gasteiger partial charge in [-0.2, -0.15) is 8.42 Å². The number of halogens is 1. The number of phenols is 1. The average molecular weight is 414 g/mol. The lowest BCUT2D eigenvalue weighted by Gasteiger charge is -2.29. The smallest absolute Gasteiger partial charge is 0.326 e. The molecule has 1 aliphatic carbocycles. The number of anilines is 1. The summed E-state index contributed by atoms with van der Waals surface area (Å²) in [6.07, 6.45) is 3.42. The molecule has 4 N–H and O–H groups in total. The zero-order valence-electron chi connectivity index (χ0n) is 15.4. The Balaban J connectivity index is 1.62. The number of aromatic hydroxyl groups is 1. The highest BCUT2D eigenvalue weighted by Crippen LogP contribution is 2.34. The highest BCUT2D eigenvalue weighted by Gasteiger charge is 2.37. The molecule has 2 amide bonds. The van der Waals surface area contributed by atoms with Crippen LogP contribution in [-0.2, 0) is 26.3 Å². The van der Waals surface area contributed by atoms with Gasteiger partial charge < -0.3 is 15.7 Å². The summed E-state index contributed by atoms with van der Waals surface area (Å²) in [6.45, 7) is 1.21. The van der Waals surface area contributed by atoms with Crippen LogP contribution in [0.25, 0.3) is 0 Å². The van der Waals surface area contributed by atoms with Gasteiger partial charge in [-0.05, 0) is 43.4 Å². The van der Waals surface area contributed by atoms with E-state index in [1.807, 2.05) is 0 Å². The summed E-state index contributed by atoms with van der Waals surface area (Å²) < 4.78 is 40.5. The van der Waals surface area contributed by atoms with Gasteiger partial charge in [0.15, 0.2) is 5.82 Å². The molecule has 2 aliphatic rings. The molecule has 0 bridgehead atoms. The third-order valence-electron chi connectivity index (χ3n) is 4.90. The number of rotatable bonds is 5. The molecular formula is C17H23FN4O5S. The van der Waals surface area contributed by atoms with E-state index in [-0.39, 0.29) is 18.0 Å². The normalized spacial score (nSPS) is 24.1. The molecular weight excluding hydrogens is 391 g/mol. The molecule has 0 spiro atoms. The lowest BCUT2D eigenvalue weighted by atomic mass is 9.91. The van der Waals surface area contributed by atoms with Crippen molar-refractivity contribution in [2.24, 2.45) is 0 Å². The fourth-order valence-corrected chi connectivity index (χ4v) is 4.80. The molecule has 0 radical (unpaired) electrons. The van der Waals surface area contributed by atoms with Gasteiger partial charge in [0.2, 0.25) is 5.91 Å². The summed E-state index contributed by atoms with van der Waals surface area (Å²) in [6, 6.07) is 2.81. The van der Waals surface area contributed by atoms with Gasteiger partial charge in [0.1, 0.15) is 18.0 Å². The number of nitrogens with one attached hydrogen (secondary N) is 3. The number of carbonyl (C=O) groups is 2. The maximum atomic E-state index is 14.5. The highest BCUT2D eigenvalue weighted by atomic mass is 32.2. The molecule has 1 saturated heterocycles. The first kappa shape index (κ1) is 20.3. The van der Waals surface area contributed by atoms with Crippen molar-refractivity contribution in [2.75, 3.05) is 10.8 Å². The monoisotopic (exact) mass is 414 g/mol. The van der Waals surface area contributed by atoms with E-state index in [0.717, 1.165) is 31.7 Å². The van der Waals surface area contributed by atoms with Crippen molar-refractivity contribution in [1.82, 2.24) is 15.4 Å². The molecule has 2 fully saturated rings. The molecule has 3 rings (SSSR count). The van der Waals surface area contributed by atoms with Crippen LogP contribution in [-0.4, -0.2) is 44.0 Å². The maximum absolute atomic E-state index is 14.5. The van der Waals surface area contributed by atoms with Crippen LogP contribution >= 0.6 is 0 Å². The highest BCUT2D eigenvalue weighted by molar-refractivity contribution is 7.92. The number of nitrogens with zero attached hydrogens (tertiary/aromatic N) is 1. The minimum absolute atomic E-state index is 0.0423. The van der Waals surface area contributed by atoms with Gasteiger partial charge in [-0.15, -0.1) is 0 Å². The zero-order valence-corrected chi connectivity index (χ0v) is 16.2. The fraction of sp³-hybridized carbons (Fsp3) is 0.529. The Kier molecular flexibility index (Phi) is 5.75. The van der Waals surface area contributed by atoms with E-state index in [0.29, 0.717) is 16.4 Å². The van der Waals surface area contributed by atoms with Gasteiger partial charge in [0.05, 0.1) is 0 Å². The van der Waals surface area contributed by atoms with Gasteiger partial charge in [-0.25, -0.2) is 13.4 Å². The Bertz CT molecular complexity index is 861. The van der Waals surface area contributed by atoms with Crippen molar-refractivity contribution in [3.05, 3.63) is 23.5 Å². The second kappa shape index (κ2) is 7.92. The third-order valence-corrected chi connectivity index (χ3v) is 6.28. The summed E-state index contributed by atoms with van der Waals surface area (Å²) in [7, 11) is -4.20. The van der Waals surface area contributed by atoms with Crippen molar-refractivity contribution in [3.63, 3.8) is 0 Å².